The first kappa shape index (κ1) is 18.8. The molecule has 1 aromatic heterocycles. The van der Waals surface area contributed by atoms with Crippen molar-refractivity contribution < 1.29 is 4.79 Å². The molecule has 2 N–H and O–H groups in total. The van der Waals surface area contributed by atoms with Crippen molar-refractivity contribution in [2.75, 3.05) is 24.5 Å². The van der Waals surface area contributed by atoms with E-state index in [0.29, 0.717) is 5.92 Å². The van der Waals surface area contributed by atoms with Crippen molar-refractivity contribution in [3.63, 3.8) is 0 Å². The van der Waals surface area contributed by atoms with Crippen LogP contribution in [0.5, 0.6) is 0 Å². The van der Waals surface area contributed by atoms with E-state index in [1.807, 2.05) is 12.4 Å². The van der Waals surface area contributed by atoms with Crippen molar-refractivity contribution >= 4 is 11.7 Å². The summed E-state index contributed by atoms with van der Waals surface area (Å²) in [5.74, 6) is 0.538. The maximum atomic E-state index is 12.5. The minimum absolute atomic E-state index is 0.0472. The molecular formula is C23H30N4O. The first-order chi connectivity index (χ1) is 13.5. The van der Waals surface area contributed by atoms with Gasteiger partial charge in [0.15, 0.2) is 0 Å². The Morgan fingerprint density at radius 3 is 2.61 bits per heavy atom. The van der Waals surface area contributed by atoms with Crippen molar-refractivity contribution in [3.8, 4) is 0 Å². The molecule has 28 heavy (non-hydrogen) atoms. The van der Waals surface area contributed by atoms with Gasteiger partial charge in [0.1, 0.15) is 0 Å². The fourth-order valence-electron chi connectivity index (χ4n) is 4.67. The lowest BCUT2D eigenvalue weighted by molar-refractivity contribution is 0.232. The first-order valence-electron chi connectivity index (χ1n) is 10.3. The van der Waals surface area contributed by atoms with Gasteiger partial charge in [-0.25, -0.2) is 4.79 Å². The van der Waals surface area contributed by atoms with Crippen LogP contribution in [0.4, 0.5) is 10.5 Å². The molecule has 1 fully saturated rings. The van der Waals surface area contributed by atoms with Gasteiger partial charge in [0.2, 0.25) is 0 Å². The van der Waals surface area contributed by atoms with Crippen molar-refractivity contribution in [1.29, 1.82) is 0 Å². The van der Waals surface area contributed by atoms with Gasteiger partial charge in [-0.15, -0.1) is 0 Å². The van der Waals surface area contributed by atoms with Crippen molar-refractivity contribution in [2.45, 2.75) is 44.6 Å². The predicted molar refractivity (Wildman–Crippen MR) is 113 cm³/mol. The third-order valence-electron chi connectivity index (χ3n) is 6.28. The Hall–Kier alpha value is -2.56. The molecule has 0 radical (unpaired) electrons. The molecule has 2 heterocycles. The highest BCUT2D eigenvalue weighted by molar-refractivity contribution is 5.74. The molecule has 0 bridgehead atoms. The molecule has 1 aliphatic carbocycles. The summed E-state index contributed by atoms with van der Waals surface area (Å²) in [6.07, 6.45) is 6.83. The SMILES string of the molecule is CC1(C)CC(NC(=O)NCC2CCN(c3ccncc3)CC2)c2ccccc21. The first-order valence-corrected chi connectivity index (χ1v) is 10.3. The number of anilines is 1. The Labute approximate surface area is 167 Å². The number of nitrogens with zero attached hydrogens (tertiary/aromatic N) is 2. The zero-order valence-electron chi connectivity index (χ0n) is 16.8. The van der Waals surface area contributed by atoms with Crippen molar-refractivity contribution in [3.05, 3.63) is 59.9 Å². The number of urea groups is 1. The molecule has 5 nitrogen and oxygen atoms in total. The summed E-state index contributed by atoms with van der Waals surface area (Å²) in [4.78, 5) is 19.0. The minimum Gasteiger partial charge on any atom is -0.371 e. The molecule has 0 spiro atoms. The number of piperidine rings is 1. The monoisotopic (exact) mass is 378 g/mol. The summed E-state index contributed by atoms with van der Waals surface area (Å²) >= 11 is 0. The van der Waals surface area contributed by atoms with Crippen LogP contribution in [-0.2, 0) is 5.41 Å². The lowest BCUT2D eigenvalue weighted by atomic mass is 9.86. The van der Waals surface area contributed by atoms with E-state index >= 15 is 0 Å². The molecule has 0 saturated carbocycles. The van der Waals surface area contributed by atoms with Crippen LogP contribution in [0.15, 0.2) is 48.8 Å². The fourth-order valence-corrected chi connectivity index (χ4v) is 4.67. The van der Waals surface area contributed by atoms with E-state index in [9.17, 15) is 4.79 Å². The molecule has 148 valence electrons. The Bertz CT molecular complexity index is 812. The molecule has 1 saturated heterocycles. The van der Waals surface area contributed by atoms with Crippen LogP contribution in [0.2, 0.25) is 0 Å². The highest BCUT2D eigenvalue weighted by Gasteiger charge is 2.37. The number of benzene rings is 1. The number of aromatic nitrogens is 1. The van der Waals surface area contributed by atoms with E-state index in [-0.39, 0.29) is 17.5 Å². The molecule has 1 aliphatic heterocycles. The van der Waals surface area contributed by atoms with Crippen molar-refractivity contribution in [2.24, 2.45) is 5.92 Å². The summed E-state index contributed by atoms with van der Waals surface area (Å²) in [5, 5.41) is 6.31. The topological polar surface area (TPSA) is 57.3 Å². The number of amides is 2. The average molecular weight is 379 g/mol. The predicted octanol–water partition coefficient (Wildman–Crippen LogP) is 4.02. The van der Waals surface area contributed by atoms with Gasteiger partial charge in [0.05, 0.1) is 6.04 Å². The number of hydrogen-bond acceptors (Lipinski definition) is 3. The normalized spacial score (nSPS) is 21.2. The fraction of sp³-hybridized carbons (Fsp3) is 0.478. The highest BCUT2D eigenvalue weighted by Crippen LogP contribution is 2.44. The van der Waals surface area contributed by atoms with Gasteiger partial charge in [-0.2, -0.15) is 0 Å². The second-order valence-electron chi connectivity index (χ2n) is 8.72. The van der Waals surface area contributed by atoms with Gasteiger partial charge in [0, 0.05) is 37.7 Å². The number of nitrogens with one attached hydrogen (secondary N) is 2. The summed E-state index contributed by atoms with van der Waals surface area (Å²) in [6.45, 7) is 7.31. The summed E-state index contributed by atoms with van der Waals surface area (Å²) in [5.41, 5.74) is 3.95. The summed E-state index contributed by atoms with van der Waals surface area (Å²) in [6, 6.07) is 12.6. The number of fused-ring (bicyclic) bond motifs is 1. The van der Waals surface area contributed by atoms with Crippen LogP contribution >= 0.6 is 0 Å². The van der Waals surface area contributed by atoms with Crippen LogP contribution in [0.1, 0.15) is 50.3 Å². The summed E-state index contributed by atoms with van der Waals surface area (Å²) < 4.78 is 0. The van der Waals surface area contributed by atoms with Crippen LogP contribution in [0, 0.1) is 5.92 Å². The molecular weight excluding hydrogens is 348 g/mol. The lowest BCUT2D eigenvalue weighted by Crippen LogP contribution is -2.42. The van der Waals surface area contributed by atoms with Gasteiger partial charge in [0.25, 0.3) is 0 Å². The maximum Gasteiger partial charge on any atom is 0.315 e. The molecule has 5 heteroatoms. The molecule has 2 amide bonds. The van der Waals surface area contributed by atoms with Crippen LogP contribution in [-0.4, -0.2) is 30.6 Å². The minimum atomic E-state index is -0.0472. The Morgan fingerprint density at radius 1 is 1.14 bits per heavy atom. The highest BCUT2D eigenvalue weighted by atomic mass is 16.2. The smallest absolute Gasteiger partial charge is 0.315 e. The van der Waals surface area contributed by atoms with Gasteiger partial charge >= 0.3 is 6.03 Å². The average Bonchev–Trinajstić information content (AvgIpc) is 2.98. The largest absolute Gasteiger partial charge is 0.371 e. The van der Waals surface area contributed by atoms with E-state index in [1.165, 1.54) is 16.8 Å². The number of rotatable bonds is 4. The maximum absolute atomic E-state index is 12.5. The Morgan fingerprint density at radius 2 is 1.86 bits per heavy atom. The Balaban J connectivity index is 1.25. The van der Waals surface area contributed by atoms with Crippen LogP contribution in [0.25, 0.3) is 0 Å². The number of hydrogen-bond donors (Lipinski definition) is 2. The third kappa shape index (κ3) is 3.98. The van der Waals surface area contributed by atoms with Gasteiger partial charge in [-0.05, 0) is 53.9 Å². The lowest BCUT2D eigenvalue weighted by Gasteiger charge is -2.33. The zero-order valence-corrected chi connectivity index (χ0v) is 16.8. The van der Waals surface area contributed by atoms with E-state index < -0.39 is 0 Å². The standard InChI is InChI=1S/C23H30N4O/c1-23(2)15-21(19-5-3-4-6-20(19)23)26-22(28)25-16-17-9-13-27(14-10-17)18-7-11-24-12-8-18/h3-8,11-12,17,21H,9-10,13-16H2,1-2H3,(H2,25,26,28). The third-order valence-corrected chi connectivity index (χ3v) is 6.28. The van der Waals surface area contributed by atoms with Gasteiger partial charge < -0.3 is 15.5 Å². The van der Waals surface area contributed by atoms with Gasteiger partial charge in [-0.3, -0.25) is 4.98 Å². The molecule has 1 atom stereocenters. The van der Waals surface area contributed by atoms with Gasteiger partial charge in [-0.1, -0.05) is 38.1 Å². The molecule has 4 rings (SSSR count). The van der Waals surface area contributed by atoms with Crippen molar-refractivity contribution in [1.82, 2.24) is 15.6 Å². The van der Waals surface area contributed by atoms with Crippen LogP contribution < -0.4 is 15.5 Å². The van der Waals surface area contributed by atoms with E-state index in [2.05, 4.69) is 70.8 Å². The quantitative estimate of drug-likeness (QED) is 0.845. The summed E-state index contributed by atoms with van der Waals surface area (Å²) in [7, 11) is 0. The van der Waals surface area contributed by atoms with E-state index in [0.717, 1.165) is 38.9 Å². The van der Waals surface area contributed by atoms with E-state index in [1.54, 1.807) is 0 Å². The molecule has 1 unspecified atom stereocenters. The number of pyridine rings is 1. The Kier molecular flexibility index (Phi) is 5.25. The second-order valence-corrected chi connectivity index (χ2v) is 8.72. The van der Waals surface area contributed by atoms with E-state index in [4.69, 9.17) is 0 Å². The molecule has 2 aliphatic rings. The molecule has 2 aromatic rings. The number of carbonyl (C=O) groups is 1. The number of carbonyl (C=O) groups excluding carboxylic acids is 1. The second kappa shape index (κ2) is 7.82. The zero-order chi connectivity index (χ0) is 19.6. The van der Waals surface area contributed by atoms with Crippen LogP contribution in [0.3, 0.4) is 0 Å². The molecule has 1 aromatic carbocycles.